The van der Waals surface area contributed by atoms with E-state index in [1.165, 1.54) is 29.7 Å². The monoisotopic (exact) mass is 243 g/mol. The second kappa shape index (κ2) is 8.52. The van der Waals surface area contributed by atoms with E-state index >= 15 is 0 Å². The minimum absolute atomic E-state index is 1.03. The van der Waals surface area contributed by atoms with Crippen molar-refractivity contribution in [1.29, 1.82) is 0 Å². The first kappa shape index (κ1) is 14.5. The molecule has 0 spiro atoms. The van der Waals surface area contributed by atoms with Crippen LogP contribution in [0.15, 0.2) is 48.5 Å². The third-order valence-electron chi connectivity index (χ3n) is 2.65. The van der Waals surface area contributed by atoms with Crippen molar-refractivity contribution in [3.63, 3.8) is 0 Å². The van der Waals surface area contributed by atoms with E-state index in [0.29, 0.717) is 0 Å². The molecule has 2 aromatic rings. The first-order chi connectivity index (χ1) is 9.24. The van der Waals surface area contributed by atoms with E-state index < -0.39 is 0 Å². The molecule has 0 aliphatic heterocycles. The fourth-order valence-electron chi connectivity index (χ4n) is 1.65. The summed E-state index contributed by atoms with van der Waals surface area (Å²) in [7, 11) is 1.25. The average Bonchev–Trinajstić information content (AvgIpc) is 2.48. The summed E-state index contributed by atoms with van der Waals surface area (Å²) in [6, 6.07) is 17.5. The van der Waals surface area contributed by atoms with Gasteiger partial charge in [-0.3, -0.25) is 0 Å². The van der Waals surface area contributed by atoms with Gasteiger partial charge in [0, 0.05) is 1.37 Å². The van der Waals surface area contributed by atoms with Crippen LogP contribution in [-0.2, 0) is 6.42 Å². The second-order valence-corrected chi connectivity index (χ2v) is 4.15. The number of benzene rings is 2. The van der Waals surface area contributed by atoms with Crippen molar-refractivity contribution in [3.05, 3.63) is 70.8 Å². The Balaban J connectivity index is 0.000000741. The predicted octanol–water partition coefficient (Wildman–Crippen LogP) is 5.56. The van der Waals surface area contributed by atoms with Crippen molar-refractivity contribution in [2.75, 3.05) is 0 Å². The summed E-state index contributed by atoms with van der Waals surface area (Å²) >= 11 is 0. The molecule has 0 unspecified atom stereocenters. The molecule has 98 valence electrons. The molecule has 0 aliphatic carbocycles. The molecule has 0 aliphatic rings. The van der Waals surface area contributed by atoms with E-state index in [4.69, 9.17) is 1.37 Å². The normalized spacial score (nSPS) is 9.28. The first-order valence-corrected chi connectivity index (χ1v) is 6.35. The number of rotatable bonds is 2. The largest absolute Gasteiger partial charge is 0.0776 e. The van der Waals surface area contributed by atoms with Crippen LogP contribution in [0.3, 0.4) is 0 Å². The topological polar surface area (TPSA) is 0 Å². The van der Waals surface area contributed by atoms with Gasteiger partial charge in [0.2, 0.25) is 0 Å². The van der Waals surface area contributed by atoms with Gasteiger partial charge < -0.3 is 0 Å². The van der Waals surface area contributed by atoms with Crippen LogP contribution in [0.25, 0.3) is 0 Å². The highest BCUT2D eigenvalue weighted by Gasteiger charge is 1.95. The molecule has 0 bridgehead atoms. The zero-order valence-electron chi connectivity index (χ0n) is 13.3. The molecule has 0 N–H and O–H groups in total. The molecule has 0 amide bonds. The van der Waals surface area contributed by atoms with Crippen LogP contribution in [0, 0.1) is 13.8 Å². The van der Waals surface area contributed by atoms with Gasteiger partial charge in [0.1, 0.15) is 0 Å². The van der Waals surface area contributed by atoms with Gasteiger partial charge in [0.25, 0.3) is 0 Å². The van der Waals surface area contributed by atoms with Crippen LogP contribution in [0.1, 0.15) is 44.9 Å². The Bertz CT molecular complexity index is 383. The molecule has 0 atom stereocenters. The lowest BCUT2D eigenvalue weighted by Gasteiger charge is -2.03. The lowest BCUT2D eigenvalue weighted by molar-refractivity contribution is 1.18. The van der Waals surface area contributed by atoms with E-state index in [9.17, 15) is 0 Å². The smallest absolute Gasteiger partial charge is 0.0194 e. The Morgan fingerprint density at radius 2 is 1.00 bits per heavy atom. The Morgan fingerprint density at radius 1 is 0.722 bits per heavy atom. The minimum atomic E-state index is 1.03. The zero-order valence-corrected chi connectivity index (χ0v) is 12.3. The number of hydrogen-bond acceptors (Lipinski definition) is 0. The maximum Gasteiger partial charge on any atom is 0.0194 e. The summed E-state index contributed by atoms with van der Waals surface area (Å²) in [6.07, 6.45) is 1.03. The highest BCUT2D eigenvalue weighted by Crippen LogP contribution is 2.11. The Hall–Kier alpha value is -1.56. The van der Waals surface area contributed by atoms with Crippen LogP contribution in [0.2, 0.25) is 0 Å². The third kappa shape index (κ3) is 5.18. The molecule has 0 heteroatoms. The molecule has 0 aromatic heterocycles. The van der Waals surface area contributed by atoms with Crippen LogP contribution >= 0.6 is 0 Å². The molecule has 0 saturated heterocycles. The van der Waals surface area contributed by atoms with Gasteiger partial charge >= 0.3 is 0 Å². The van der Waals surface area contributed by atoms with Crippen LogP contribution in [-0.4, -0.2) is 0 Å². The summed E-state index contributed by atoms with van der Waals surface area (Å²) < 4.78 is 5.75. The molecule has 18 heavy (non-hydrogen) atoms. The Morgan fingerprint density at radius 3 is 1.28 bits per heavy atom. The van der Waals surface area contributed by atoms with E-state index in [1.807, 2.05) is 13.8 Å². The average molecular weight is 243 g/mol. The fourth-order valence-corrected chi connectivity index (χ4v) is 1.65. The van der Waals surface area contributed by atoms with Gasteiger partial charge in [-0.25, -0.2) is 0 Å². The summed E-state index contributed by atoms with van der Waals surface area (Å²) in [4.78, 5) is 0. The van der Waals surface area contributed by atoms with Crippen molar-refractivity contribution >= 4 is 0 Å². The molecular weight excluding hydrogens is 216 g/mol. The van der Waals surface area contributed by atoms with Crippen molar-refractivity contribution < 1.29 is 1.37 Å². The summed E-state index contributed by atoms with van der Waals surface area (Å²) in [5.74, 6) is 0. The molecule has 0 saturated carbocycles. The predicted molar refractivity (Wildman–Crippen MR) is 83.2 cm³/mol. The lowest BCUT2D eigenvalue weighted by atomic mass is 10.0. The summed E-state index contributed by atoms with van der Waals surface area (Å²) in [5, 5.41) is 0. The van der Waals surface area contributed by atoms with Gasteiger partial charge in [0.05, 0.1) is 0 Å². The molecular formula is C18H26. The SMILES string of the molecule is CC.Cc1ccc(Cc2ccc(C)cc2)cc1.[2H]C. The fraction of sp³-hybridized carbons (Fsp3) is 0.333. The molecule has 0 radical (unpaired) electrons. The standard InChI is InChI=1S/C15H16.C2H6.CH4/c1-12-3-7-14(8-4-12)11-15-9-5-13(2)6-10-15;1-2;/h3-10H,11H2,1-2H3;1-2H3;1H4/i;;1D. The minimum Gasteiger partial charge on any atom is -0.0776 e. The van der Waals surface area contributed by atoms with Gasteiger partial charge in [-0.2, -0.15) is 0 Å². The third-order valence-corrected chi connectivity index (χ3v) is 2.65. The maximum absolute atomic E-state index is 5.75. The highest BCUT2D eigenvalue weighted by molar-refractivity contribution is 5.29. The van der Waals surface area contributed by atoms with E-state index in [2.05, 4.69) is 62.4 Å². The van der Waals surface area contributed by atoms with E-state index in [-0.39, 0.29) is 0 Å². The van der Waals surface area contributed by atoms with E-state index in [1.54, 1.807) is 0 Å². The van der Waals surface area contributed by atoms with Crippen molar-refractivity contribution in [1.82, 2.24) is 0 Å². The maximum atomic E-state index is 5.75. The van der Waals surface area contributed by atoms with Crippen LogP contribution in [0.5, 0.6) is 0 Å². The second-order valence-electron chi connectivity index (χ2n) is 4.15. The molecule has 2 rings (SSSR count). The Labute approximate surface area is 114 Å². The molecule has 0 fully saturated rings. The van der Waals surface area contributed by atoms with Crippen molar-refractivity contribution in [3.8, 4) is 0 Å². The van der Waals surface area contributed by atoms with Crippen LogP contribution in [0.4, 0.5) is 0 Å². The molecule has 2 aromatic carbocycles. The highest BCUT2D eigenvalue weighted by atomic mass is 14.0. The molecule has 0 nitrogen and oxygen atoms in total. The van der Waals surface area contributed by atoms with Gasteiger partial charge in [-0.1, -0.05) is 80.9 Å². The number of aryl methyl sites for hydroxylation is 2. The van der Waals surface area contributed by atoms with Crippen LogP contribution < -0.4 is 0 Å². The lowest BCUT2D eigenvalue weighted by Crippen LogP contribution is -1.88. The number of hydrogen-bond donors (Lipinski definition) is 0. The summed E-state index contributed by atoms with van der Waals surface area (Å²) in [6.45, 7) is 8.24. The van der Waals surface area contributed by atoms with Crippen molar-refractivity contribution in [2.24, 2.45) is 0 Å². The van der Waals surface area contributed by atoms with Gasteiger partial charge in [0.15, 0.2) is 0 Å². The molecule has 0 heterocycles. The van der Waals surface area contributed by atoms with Crippen molar-refractivity contribution in [2.45, 2.75) is 41.5 Å². The van der Waals surface area contributed by atoms with E-state index in [0.717, 1.165) is 6.42 Å². The Kier molecular flexibility index (Phi) is 6.86. The van der Waals surface area contributed by atoms with Gasteiger partial charge in [-0.05, 0) is 31.4 Å². The van der Waals surface area contributed by atoms with Gasteiger partial charge in [-0.15, -0.1) is 0 Å². The summed E-state index contributed by atoms with van der Waals surface area (Å²) in [5.41, 5.74) is 5.40. The quantitative estimate of drug-likeness (QED) is 0.648. The zero-order chi connectivity index (χ0) is 14.7. The first-order valence-electron chi connectivity index (χ1n) is 7.35.